The lowest BCUT2D eigenvalue weighted by Gasteiger charge is -2.09. The number of anilines is 1. The highest BCUT2D eigenvalue weighted by molar-refractivity contribution is 6.35. The van der Waals surface area contributed by atoms with Crippen LogP contribution in [0.15, 0.2) is 66.2 Å². The third-order valence-electron chi connectivity index (χ3n) is 4.37. The fourth-order valence-electron chi connectivity index (χ4n) is 2.69. The van der Waals surface area contributed by atoms with Crippen LogP contribution < -0.4 is 10.1 Å². The van der Waals surface area contributed by atoms with E-state index >= 15 is 0 Å². The molecule has 0 radical (unpaired) electrons. The van der Waals surface area contributed by atoms with Gasteiger partial charge in [-0.2, -0.15) is 5.26 Å². The highest BCUT2D eigenvalue weighted by Gasteiger charge is 2.15. The largest absolute Gasteiger partial charge is 0.489 e. The van der Waals surface area contributed by atoms with E-state index in [9.17, 15) is 20.2 Å². The fourth-order valence-corrected chi connectivity index (χ4v) is 3.32. The Bertz CT molecular complexity index is 1290. The second-order valence-corrected chi connectivity index (χ2v) is 7.89. The summed E-state index contributed by atoms with van der Waals surface area (Å²) in [5.41, 5.74) is 0.922. The van der Waals surface area contributed by atoms with Gasteiger partial charge in [-0.1, -0.05) is 53.0 Å². The van der Waals surface area contributed by atoms with E-state index in [2.05, 4.69) is 5.32 Å². The van der Waals surface area contributed by atoms with E-state index in [1.165, 1.54) is 18.2 Å². The Hall–Kier alpha value is -3.57. The SMILES string of the molecule is N#C/C(=C\c1ccc(OCc2ccc(Cl)cc2Cl)cc1)C(=O)Nc1cc([N+](=O)[O-])ccc1Cl. The molecule has 3 aromatic rings. The first-order valence-electron chi connectivity index (χ1n) is 9.30. The van der Waals surface area contributed by atoms with Gasteiger partial charge in [-0.25, -0.2) is 0 Å². The van der Waals surface area contributed by atoms with Crippen molar-refractivity contribution in [2.45, 2.75) is 6.61 Å². The van der Waals surface area contributed by atoms with Gasteiger partial charge in [0.2, 0.25) is 0 Å². The summed E-state index contributed by atoms with van der Waals surface area (Å²) < 4.78 is 5.71. The predicted molar refractivity (Wildman–Crippen MR) is 128 cm³/mol. The molecule has 0 aromatic heterocycles. The van der Waals surface area contributed by atoms with Crippen LogP contribution in [0.5, 0.6) is 5.75 Å². The van der Waals surface area contributed by atoms with Crippen molar-refractivity contribution in [3.05, 3.63) is 103 Å². The summed E-state index contributed by atoms with van der Waals surface area (Å²) >= 11 is 18.0. The van der Waals surface area contributed by atoms with Gasteiger partial charge in [0.25, 0.3) is 11.6 Å². The Morgan fingerprint density at radius 2 is 1.79 bits per heavy atom. The van der Waals surface area contributed by atoms with Crippen molar-refractivity contribution >= 4 is 58.2 Å². The third-order valence-corrected chi connectivity index (χ3v) is 5.29. The van der Waals surface area contributed by atoms with Crippen LogP contribution in [-0.2, 0) is 11.4 Å². The zero-order valence-corrected chi connectivity index (χ0v) is 19.0. The number of hydrogen-bond donors (Lipinski definition) is 1. The maximum Gasteiger partial charge on any atom is 0.271 e. The van der Waals surface area contributed by atoms with E-state index in [0.717, 1.165) is 11.6 Å². The first-order chi connectivity index (χ1) is 15.8. The number of nitro groups is 1. The summed E-state index contributed by atoms with van der Waals surface area (Å²) in [6.07, 6.45) is 1.38. The molecule has 0 fully saturated rings. The van der Waals surface area contributed by atoms with E-state index in [1.807, 2.05) is 6.07 Å². The summed E-state index contributed by atoms with van der Waals surface area (Å²) in [4.78, 5) is 22.8. The molecular formula is C23H14Cl3N3O4. The van der Waals surface area contributed by atoms with Gasteiger partial charge in [0.05, 0.1) is 15.6 Å². The number of nitro benzene ring substituents is 1. The van der Waals surface area contributed by atoms with Crippen LogP contribution in [0.4, 0.5) is 11.4 Å². The lowest BCUT2D eigenvalue weighted by atomic mass is 10.1. The summed E-state index contributed by atoms with van der Waals surface area (Å²) in [5.74, 6) is -0.192. The van der Waals surface area contributed by atoms with Gasteiger partial charge >= 0.3 is 0 Å². The molecule has 0 aliphatic heterocycles. The standard InChI is InChI=1S/C23H14Cl3N3O4/c24-17-4-3-15(21(26)10-17)13-33-19-6-1-14(2-7-19)9-16(12-27)23(30)28-22-11-18(29(31)32)5-8-20(22)25/h1-11H,13H2,(H,28,30)/b16-9+. The van der Waals surface area contributed by atoms with E-state index in [1.54, 1.807) is 42.5 Å². The maximum atomic E-state index is 12.5. The number of rotatable bonds is 7. The normalized spacial score (nSPS) is 10.9. The predicted octanol–water partition coefficient (Wildman–Crippen LogP) is 6.68. The Balaban J connectivity index is 1.69. The van der Waals surface area contributed by atoms with Gasteiger partial charge < -0.3 is 10.1 Å². The number of hydrogen-bond acceptors (Lipinski definition) is 5. The van der Waals surface area contributed by atoms with E-state index in [0.29, 0.717) is 21.4 Å². The lowest BCUT2D eigenvalue weighted by molar-refractivity contribution is -0.384. The zero-order valence-electron chi connectivity index (χ0n) is 16.7. The molecule has 0 spiro atoms. The molecule has 166 valence electrons. The highest BCUT2D eigenvalue weighted by atomic mass is 35.5. The molecule has 3 aromatic carbocycles. The molecule has 0 bridgehead atoms. The first kappa shape index (κ1) is 24.1. The summed E-state index contributed by atoms with van der Waals surface area (Å²) in [7, 11) is 0. The topological polar surface area (TPSA) is 105 Å². The van der Waals surface area contributed by atoms with Crippen LogP contribution >= 0.6 is 34.8 Å². The van der Waals surface area contributed by atoms with Crippen molar-refractivity contribution in [2.24, 2.45) is 0 Å². The van der Waals surface area contributed by atoms with Crippen molar-refractivity contribution in [3.8, 4) is 11.8 Å². The molecule has 0 saturated heterocycles. The number of non-ortho nitro benzene ring substituents is 1. The van der Waals surface area contributed by atoms with Crippen molar-refractivity contribution in [1.82, 2.24) is 0 Å². The fraction of sp³-hybridized carbons (Fsp3) is 0.0435. The van der Waals surface area contributed by atoms with Gasteiger partial charge in [0, 0.05) is 27.7 Å². The van der Waals surface area contributed by atoms with Crippen LogP contribution in [0.2, 0.25) is 15.1 Å². The Kier molecular flexibility index (Phi) is 7.91. The number of nitrogens with zero attached hydrogens (tertiary/aromatic N) is 2. The average molecular weight is 503 g/mol. The Morgan fingerprint density at radius 1 is 1.06 bits per heavy atom. The Labute approximate surface area is 203 Å². The zero-order chi connectivity index (χ0) is 24.0. The molecule has 0 atom stereocenters. The average Bonchev–Trinajstić information content (AvgIpc) is 2.79. The Morgan fingerprint density at radius 3 is 2.42 bits per heavy atom. The van der Waals surface area contributed by atoms with Gasteiger partial charge in [0.15, 0.2) is 0 Å². The van der Waals surface area contributed by atoms with Crippen molar-refractivity contribution in [3.63, 3.8) is 0 Å². The van der Waals surface area contributed by atoms with E-state index < -0.39 is 10.8 Å². The van der Waals surface area contributed by atoms with Gasteiger partial charge in [-0.15, -0.1) is 0 Å². The summed E-state index contributed by atoms with van der Waals surface area (Å²) in [6.45, 7) is 0.237. The summed E-state index contributed by atoms with van der Waals surface area (Å²) in [5, 5.41) is 23.9. The second kappa shape index (κ2) is 10.8. The van der Waals surface area contributed by atoms with Gasteiger partial charge in [-0.3, -0.25) is 14.9 Å². The number of ether oxygens (including phenoxy) is 1. The van der Waals surface area contributed by atoms with E-state index in [4.69, 9.17) is 39.5 Å². The minimum absolute atomic E-state index is 0.0293. The number of halogens is 3. The summed E-state index contributed by atoms with van der Waals surface area (Å²) in [6, 6.07) is 17.3. The van der Waals surface area contributed by atoms with Crippen molar-refractivity contribution < 1.29 is 14.5 Å². The van der Waals surface area contributed by atoms with Gasteiger partial charge in [0.1, 0.15) is 24.0 Å². The second-order valence-electron chi connectivity index (χ2n) is 6.64. The molecule has 0 saturated carbocycles. The van der Waals surface area contributed by atoms with Gasteiger partial charge in [-0.05, 0) is 42.0 Å². The van der Waals surface area contributed by atoms with Crippen LogP contribution in [0.1, 0.15) is 11.1 Å². The number of amides is 1. The smallest absolute Gasteiger partial charge is 0.271 e. The molecule has 10 heteroatoms. The van der Waals surface area contributed by atoms with Crippen molar-refractivity contribution in [1.29, 1.82) is 5.26 Å². The first-order valence-corrected chi connectivity index (χ1v) is 10.4. The number of benzene rings is 3. The molecule has 7 nitrogen and oxygen atoms in total. The van der Waals surface area contributed by atoms with Crippen LogP contribution in [0, 0.1) is 21.4 Å². The third kappa shape index (κ3) is 6.46. The van der Waals surface area contributed by atoms with Crippen LogP contribution in [0.25, 0.3) is 6.08 Å². The molecule has 0 unspecified atom stereocenters. The molecule has 1 amide bonds. The molecular weight excluding hydrogens is 489 g/mol. The van der Waals surface area contributed by atoms with Crippen LogP contribution in [0.3, 0.4) is 0 Å². The minimum atomic E-state index is -0.752. The molecule has 33 heavy (non-hydrogen) atoms. The minimum Gasteiger partial charge on any atom is -0.489 e. The molecule has 0 aliphatic rings. The van der Waals surface area contributed by atoms with Crippen LogP contribution in [-0.4, -0.2) is 10.8 Å². The highest BCUT2D eigenvalue weighted by Crippen LogP contribution is 2.27. The lowest BCUT2D eigenvalue weighted by Crippen LogP contribution is -2.14. The molecule has 1 N–H and O–H groups in total. The number of carbonyl (C=O) groups is 1. The molecule has 3 rings (SSSR count). The van der Waals surface area contributed by atoms with E-state index in [-0.39, 0.29) is 28.6 Å². The number of nitriles is 1. The monoisotopic (exact) mass is 501 g/mol. The number of carbonyl (C=O) groups excluding carboxylic acids is 1. The molecule has 0 aliphatic carbocycles. The number of nitrogens with one attached hydrogen (secondary N) is 1. The maximum absolute atomic E-state index is 12.5. The quantitative estimate of drug-likeness (QED) is 0.168. The molecule has 0 heterocycles. The van der Waals surface area contributed by atoms with Crippen molar-refractivity contribution in [2.75, 3.05) is 5.32 Å².